The Morgan fingerprint density at radius 3 is 2.42 bits per heavy atom. The first-order chi connectivity index (χ1) is 15.5. The van der Waals surface area contributed by atoms with Crippen LogP contribution >= 0.6 is 0 Å². The number of nitrogens with one attached hydrogen (secondary N) is 1. The summed E-state index contributed by atoms with van der Waals surface area (Å²) in [6.07, 6.45) is -0.578. The van der Waals surface area contributed by atoms with Gasteiger partial charge in [-0.05, 0) is 44.6 Å². The molecule has 3 fully saturated rings. The maximum absolute atomic E-state index is 12.1. The maximum Gasteiger partial charge on any atom is 0.490 e. The number of aromatic nitrogens is 2. The average molecular weight is 476 g/mol. The number of aliphatic carboxylic acids is 1. The zero-order chi connectivity index (χ0) is 24.2. The Morgan fingerprint density at radius 2 is 1.94 bits per heavy atom. The molecule has 3 aliphatic rings. The second-order valence-corrected chi connectivity index (χ2v) is 9.13. The van der Waals surface area contributed by atoms with E-state index in [0.717, 1.165) is 77.3 Å². The molecule has 3 saturated heterocycles. The summed E-state index contributed by atoms with van der Waals surface area (Å²) < 4.78 is 40.0. The fraction of sp³-hybridized carbons (Fsp3) is 0.762. The van der Waals surface area contributed by atoms with E-state index in [-0.39, 0.29) is 11.6 Å². The number of amides is 2. The summed E-state index contributed by atoms with van der Waals surface area (Å²) in [6, 6.07) is 2.26. The van der Waals surface area contributed by atoms with Gasteiger partial charge >= 0.3 is 18.2 Å². The van der Waals surface area contributed by atoms with Gasteiger partial charge < -0.3 is 20.1 Å². The Balaban J connectivity index is 0.000000383. The minimum Gasteiger partial charge on any atom is -0.475 e. The number of aryl methyl sites for hydroxylation is 2. The van der Waals surface area contributed by atoms with Gasteiger partial charge in [0.15, 0.2) is 0 Å². The van der Waals surface area contributed by atoms with Crippen LogP contribution in [0.5, 0.6) is 0 Å². The number of carboxylic acids is 1. The third-order valence-corrected chi connectivity index (χ3v) is 6.32. The van der Waals surface area contributed by atoms with Crippen molar-refractivity contribution in [2.45, 2.75) is 50.9 Å². The van der Waals surface area contributed by atoms with Gasteiger partial charge in [-0.1, -0.05) is 0 Å². The van der Waals surface area contributed by atoms with E-state index in [2.05, 4.69) is 21.4 Å². The topological polar surface area (TPSA) is 99.9 Å². The summed E-state index contributed by atoms with van der Waals surface area (Å²) in [4.78, 5) is 25.3. The van der Waals surface area contributed by atoms with Crippen molar-refractivity contribution in [3.05, 3.63) is 17.5 Å². The highest BCUT2D eigenvalue weighted by Gasteiger charge is 2.46. The number of halogens is 3. The van der Waals surface area contributed by atoms with Gasteiger partial charge in [0.05, 0.1) is 23.6 Å². The van der Waals surface area contributed by atoms with Crippen molar-refractivity contribution in [3.8, 4) is 0 Å². The second-order valence-electron chi connectivity index (χ2n) is 9.13. The van der Waals surface area contributed by atoms with Crippen LogP contribution in [0.2, 0.25) is 0 Å². The molecule has 1 spiro atoms. The van der Waals surface area contributed by atoms with Crippen LogP contribution in [0.3, 0.4) is 0 Å². The van der Waals surface area contributed by atoms with Crippen molar-refractivity contribution in [1.82, 2.24) is 24.9 Å². The summed E-state index contributed by atoms with van der Waals surface area (Å²) in [7, 11) is 2.01. The molecule has 2 amide bonds. The Kier molecular flexibility index (Phi) is 7.88. The van der Waals surface area contributed by atoms with E-state index < -0.39 is 12.1 Å². The first kappa shape index (κ1) is 25.3. The standard InChI is InChI=1S/C19H31N5O2.C2HF3O2/c1-15-9-17(22(2)21-15)11-23-13-19(14-23)6-5-16(12-26-19)10-20-18(25)24-7-3-4-8-24;3-2(4,5)1(6)7/h9,16H,3-8,10-14H2,1-2H3,(H,20,25);(H,6,7). The molecule has 0 saturated carbocycles. The Hall–Kier alpha value is -2.34. The molecule has 1 aromatic heterocycles. The predicted molar refractivity (Wildman–Crippen MR) is 113 cm³/mol. The highest BCUT2D eigenvalue weighted by Crippen LogP contribution is 2.36. The number of hydrogen-bond acceptors (Lipinski definition) is 5. The molecule has 4 heterocycles. The number of hydrogen-bond donors (Lipinski definition) is 2. The van der Waals surface area contributed by atoms with Crippen molar-refractivity contribution in [3.63, 3.8) is 0 Å². The van der Waals surface area contributed by atoms with E-state index in [4.69, 9.17) is 14.6 Å². The Labute approximate surface area is 190 Å². The number of nitrogens with zero attached hydrogens (tertiary/aromatic N) is 4. The predicted octanol–water partition coefficient (Wildman–Crippen LogP) is 2.15. The van der Waals surface area contributed by atoms with Gasteiger partial charge in [-0.2, -0.15) is 18.3 Å². The quantitative estimate of drug-likeness (QED) is 0.692. The molecule has 33 heavy (non-hydrogen) atoms. The molecule has 12 heteroatoms. The fourth-order valence-electron chi connectivity index (χ4n) is 4.51. The van der Waals surface area contributed by atoms with Gasteiger partial charge in [0.2, 0.25) is 0 Å². The van der Waals surface area contributed by atoms with Gasteiger partial charge in [0, 0.05) is 46.3 Å². The Bertz CT molecular complexity index is 822. The second kappa shape index (κ2) is 10.3. The van der Waals surface area contributed by atoms with Crippen molar-refractivity contribution in [2.75, 3.05) is 39.3 Å². The summed E-state index contributed by atoms with van der Waals surface area (Å²) in [5.41, 5.74) is 2.38. The van der Waals surface area contributed by atoms with Crippen LogP contribution in [0.25, 0.3) is 0 Å². The van der Waals surface area contributed by atoms with E-state index in [1.165, 1.54) is 5.69 Å². The summed E-state index contributed by atoms with van der Waals surface area (Å²) in [6.45, 7) is 8.30. The molecule has 0 aliphatic carbocycles. The normalized spacial score (nSPS) is 22.5. The molecular weight excluding hydrogens is 443 g/mol. The molecule has 4 rings (SSSR count). The van der Waals surface area contributed by atoms with Crippen LogP contribution in [0.1, 0.15) is 37.1 Å². The van der Waals surface area contributed by atoms with Crippen molar-refractivity contribution in [1.29, 1.82) is 0 Å². The number of carbonyl (C=O) groups is 2. The SMILES string of the molecule is Cc1cc(CN2CC3(CCC(CNC(=O)N4CCCC4)CO3)C2)n(C)n1.O=C(O)C(F)(F)F. The highest BCUT2D eigenvalue weighted by molar-refractivity contribution is 5.74. The monoisotopic (exact) mass is 475 g/mol. The van der Waals surface area contributed by atoms with Crippen LogP contribution in [-0.2, 0) is 23.1 Å². The van der Waals surface area contributed by atoms with Crippen LogP contribution in [0.15, 0.2) is 6.07 Å². The van der Waals surface area contributed by atoms with Gasteiger partial charge in [-0.15, -0.1) is 0 Å². The minimum atomic E-state index is -5.08. The van der Waals surface area contributed by atoms with Crippen molar-refractivity contribution in [2.24, 2.45) is 13.0 Å². The largest absolute Gasteiger partial charge is 0.490 e. The van der Waals surface area contributed by atoms with E-state index in [9.17, 15) is 18.0 Å². The molecule has 0 radical (unpaired) electrons. The van der Waals surface area contributed by atoms with Crippen LogP contribution in [-0.4, -0.2) is 87.8 Å². The van der Waals surface area contributed by atoms with E-state index in [1.54, 1.807) is 0 Å². The van der Waals surface area contributed by atoms with Crippen molar-refractivity contribution >= 4 is 12.0 Å². The lowest BCUT2D eigenvalue weighted by atomic mass is 9.83. The molecule has 2 N–H and O–H groups in total. The van der Waals surface area contributed by atoms with Gasteiger partial charge in [-0.25, -0.2) is 9.59 Å². The molecule has 1 atom stereocenters. The lowest BCUT2D eigenvalue weighted by Crippen LogP contribution is -2.64. The van der Waals surface area contributed by atoms with Gasteiger partial charge in [0.1, 0.15) is 0 Å². The van der Waals surface area contributed by atoms with Gasteiger partial charge in [-0.3, -0.25) is 9.58 Å². The number of ether oxygens (including phenoxy) is 1. The lowest BCUT2D eigenvalue weighted by Gasteiger charge is -2.53. The highest BCUT2D eigenvalue weighted by atomic mass is 19.4. The summed E-state index contributed by atoms with van der Waals surface area (Å²) in [5.74, 6) is -2.31. The molecule has 0 bridgehead atoms. The number of alkyl halides is 3. The van der Waals surface area contributed by atoms with E-state index in [1.807, 2.05) is 23.6 Å². The van der Waals surface area contributed by atoms with Crippen LogP contribution in [0.4, 0.5) is 18.0 Å². The number of likely N-dealkylation sites (tertiary alicyclic amines) is 2. The molecule has 1 aromatic rings. The number of carbonyl (C=O) groups excluding carboxylic acids is 1. The molecule has 186 valence electrons. The molecule has 3 aliphatic heterocycles. The lowest BCUT2D eigenvalue weighted by molar-refractivity contribution is -0.192. The summed E-state index contributed by atoms with van der Waals surface area (Å²) >= 11 is 0. The molecular formula is C21H32F3N5O4. The average Bonchev–Trinajstić information content (AvgIpc) is 3.36. The fourth-order valence-corrected chi connectivity index (χ4v) is 4.51. The first-order valence-electron chi connectivity index (χ1n) is 11.2. The minimum absolute atomic E-state index is 0.0447. The molecule has 1 unspecified atom stereocenters. The van der Waals surface area contributed by atoms with Gasteiger partial charge in [0.25, 0.3) is 0 Å². The van der Waals surface area contributed by atoms with Crippen molar-refractivity contribution < 1.29 is 32.6 Å². The zero-order valence-electron chi connectivity index (χ0n) is 19.0. The third-order valence-electron chi connectivity index (χ3n) is 6.32. The zero-order valence-corrected chi connectivity index (χ0v) is 19.0. The smallest absolute Gasteiger partial charge is 0.475 e. The molecule has 9 nitrogen and oxygen atoms in total. The first-order valence-corrected chi connectivity index (χ1v) is 11.2. The number of carboxylic acid groups (broad SMARTS) is 1. The van der Waals surface area contributed by atoms with Crippen LogP contribution < -0.4 is 5.32 Å². The maximum atomic E-state index is 12.1. The molecule has 0 aromatic carbocycles. The summed E-state index contributed by atoms with van der Waals surface area (Å²) in [5, 5.41) is 14.6. The van der Waals surface area contributed by atoms with E-state index in [0.29, 0.717) is 5.92 Å². The number of rotatable bonds is 4. The number of urea groups is 1. The van der Waals surface area contributed by atoms with Crippen LogP contribution in [0, 0.1) is 12.8 Å². The van der Waals surface area contributed by atoms with E-state index >= 15 is 0 Å². The Morgan fingerprint density at radius 1 is 1.30 bits per heavy atom. The third kappa shape index (κ3) is 6.83.